The van der Waals surface area contributed by atoms with Crippen molar-refractivity contribution in [3.63, 3.8) is 0 Å². The second-order valence-electron chi connectivity index (χ2n) is 3.14. The van der Waals surface area contributed by atoms with Gasteiger partial charge in [-0.25, -0.2) is 0 Å². The number of phenols is 1. The Balaban J connectivity index is 2.58. The van der Waals surface area contributed by atoms with E-state index in [1.807, 2.05) is 0 Å². The number of halogens is 2. The van der Waals surface area contributed by atoms with Gasteiger partial charge in [0, 0.05) is 15.6 Å². The Morgan fingerprint density at radius 3 is 1.87 bits per heavy atom. The minimum Gasteiger partial charge on any atom is -0.508 e. The van der Waals surface area contributed by atoms with E-state index < -0.39 is 0 Å². The van der Waals surface area contributed by atoms with Crippen LogP contribution in [0.5, 0.6) is 5.75 Å². The Labute approximate surface area is 97.9 Å². The molecule has 0 aliphatic rings. The molecule has 2 rings (SSSR count). The third-order valence-corrected chi connectivity index (χ3v) is 2.75. The van der Waals surface area contributed by atoms with E-state index in [4.69, 9.17) is 23.2 Å². The fourth-order valence-electron chi connectivity index (χ4n) is 1.40. The summed E-state index contributed by atoms with van der Waals surface area (Å²) < 4.78 is 0. The molecule has 2 aromatic carbocycles. The average molecular weight is 239 g/mol. The fraction of sp³-hybridized carbons (Fsp3) is 0. The molecule has 0 amide bonds. The first kappa shape index (κ1) is 10.3. The van der Waals surface area contributed by atoms with E-state index in [0.717, 1.165) is 11.1 Å². The van der Waals surface area contributed by atoms with E-state index >= 15 is 0 Å². The van der Waals surface area contributed by atoms with E-state index in [1.54, 1.807) is 42.5 Å². The van der Waals surface area contributed by atoms with Crippen molar-refractivity contribution in [3.8, 4) is 16.9 Å². The lowest BCUT2D eigenvalue weighted by Gasteiger charge is -2.06. The lowest BCUT2D eigenvalue weighted by atomic mass is 10.1. The van der Waals surface area contributed by atoms with Crippen molar-refractivity contribution in [2.24, 2.45) is 0 Å². The van der Waals surface area contributed by atoms with Crippen molar-refractivity contribution in [3.05, 3.63) is 52.5 Å². The lowest BCUT2D eigenvalue weighted by Crippen LogP contribution is -1.80. The second-order valence-corrected chi connectivity index (χ2v) is 3.96. The molecule has 0 heterocycles. The van der Waals surface area contributed by atoms with Crippen LogP contribution in [-0.4, -0.2) is 5.11 Å². The SMILES string of the molecule is Oc1ccc(-c2c(Cl)cccc2Cl)cc1. The zero-order valence-corrected chi connectivity index (χ0v) is 9.26. The van der Waals surface area contributed by atoms with Crippen molar-refractivity contribution in [2.75, 3.05) is 0 Å². The molecule has 76 valence electrons. The molecule has 0 saturated heterocycles. The highest BCUT2D eigenvalue weighted by atomic mass is 35.5. The van der Waals surface area contributed by atoms with Crippen LogP contribution in [0, 0.1) is 0 Å². The zero-order chi connectivity index (χ0) is 10.8. The van der Waals surface area contributed by atoms with Crippen LogP contribution in [-0.2, 0) is 0 Å². The number of hydrogen-bond acceptors (Lipinski definition) is 1. The minimum atomic E-state index is 0.224. The molecule has 0 aromatic heterocycles. The third-order valence-electron chi connectivity index (χ3n) is 2.12. The molecule has 1 N–H and O–H groups in total. The number of benzene rings is 2. The van der Waals surface area contributed by atoms with Crippen LogP contribution in [0.3, 0.4) is 0 Å². The van der Waals surface area contributed by atoms with Crippen LogP contribution in [0.1, 0.15) is 0 Å². The van der Waals surface area contributed by atoms with Crippen LogP contribution in [0.2, 0.25) is 10.0 Å². The first-order valence-electron chi connectivity index (χ1n) is 4.42. The first-order valence-corrected chi connectivity index (χ1v) is 5.17. The van der Waals surface area contributed by atoms with Gasteiger partial charge in [0.2, 0.25) is 0 Å². The molecule has 0 aliphatic heterocycles. The van der Waals surface area contributed by atoms with Crippen LogP contribution < -0.4 is 0 Å². The molecule has 0 aliphatic carbocycles. The normalized spacial score (nSPS) is 10.3. The quantitative estimate of drug-likeness (QED) is 0.783. The molecule has 0 bridgehead atoms. The zero-order valence-electron chi connectivity index (χ0n) is 7.74. The smallest absolute Gasteiger partial charge is 0.115 e. The number of rotatable bonds is 1. The summed E-state index contributed by atoms with van der Waals surface area (Å²) in [4.78, 5) is 0. The average Bonchev–Trinajstić information content (AvgIpc) is 2.20. The molecule has 0 spiro atoms. The van der Waals surface area contributed by atoms with Crippen molar-refractivity contribution in [1.82, 2.24) is 0 Å². The van der Waals surface area contributed by atoms with Crippen LogP contribution in [0.15, 0.2) is 42.5 Å². The number of hydrogen-bond donors (Lipinski definition) is 1. The maximum Gasteiger partial charge on any atom is 0.115 e. The molecule has 0 unspecified atom stereocenters. The van der Waals surface area contributed by atoms with Gasteiger partial charge in [-0.05, 0) is 29.8 Å². The van der Waals surface area contributed by atoms with Crippen molar-refractivity contribution < 1.29 is 5.11 Å². The van der Waals surface area contributed by atoms with E-state index in [2.05, 4.69) is 0 Å². The Bertz CT molecular complexity index is 457. The summed E-state index contributed by atoms with van der Waals surface area (Å²) in [6.07, 6.45) is 0. The van der Waals surface area contributed by atoms with Crippen molar-refractivity contribution in [2.45, 2.75) is 0 Å². The monoisotopic (exact) mass is 238 g/mol. The van der Waals surface area contributed by atoms with Crippen molar-refractivity contribution >= 4 is 23.2 Å². The Hall–Kier alpha value is -1.18. The van der Waals surface area contributed by atoms with Gasteiger partial charge < -0.3 is 5.11 Å². The molecule has 3 heteroatoms. The molecular formula is C12H8Cl2O. The molecule has 0 saturated carbocycles. The van der Waals surface area contributed by atoms with Crippen LogP contribution >= 0.6 is 23.2 Å². The second kappa shape index (κ2) is 4.13. The summed E-state index contributed by atoms with van der Waals surface area (Å²) in [5, 5.41) is 10.4. The maximum absolute atomic E-state index is 9.18. The van der Waals surface area contributed by atoms with Gasteiger partial charge in [0.1, 0.15) is 5.75 Å². The van der Waals surface area contributed by atoms with E-state index in [1.165, 1.54) is 0 Å². The van der Waals surface area contributed by atoms with Gasteiger partial charge in [-0.3, -0.25) is 0 Å². The first-order chi connectivity index (χ1) is 7.18. The third kappa shape index (κ3) is 2.09. The number of phenolic OH excluding ortho intramolecular Hbond substituents is 1. The minimum absolute atomic E-state index is 0.224. The molecular weight excluding hydrogens is 231 g/mol. The highest BCUT2D eigenvalue weighted by Crippen LogP contribution is 2.34. The summed E-state index contributed by atoms with van der Waals surface area (Å²) in [6.45, 7) is 0. The van der Waals surface area contributed by atoms with Gasteiger partial charge in [0.05, 0.1) is 0 Å². The topological polar surface area (TPSA) is 20.2 Å². The highest BCUT2D eigenvalue weighted by Gasteiger charge is 2.07. The van der Waals surface area contributed by atoms with Crippen LogP contribution in [0.4, 0.5) is 0 Å². The summed E-state index contributed by atoms with van der Waals surface area (Å²) >= 11 is 12.1. The summed E-state index contributed by atoms with van der Waals surface area (Å²) in [6, 6.07) is 12.1. The van der Waals surface area contributed by atoms with Crippen molar-refractivity contribution in [1.29, 1.82) is 0 Å². The van der Waals surface area contributed by atoms with Gasteiger partial charge in [-0.2, -0.15) is 0 Å². The fourth-order valence-corrected chi connectivity index (χ4v) is 2.02. The van der Waals surface area contributed by atoms with Crippen LogP contribution in [0.25, 0.3) is 11.1 Å². The maximum atomic E-state index is 9.18. The van der Waals surface area contributed by atoms with Gasteiger partial charge in [-0.15, -0.1) is 0 Å². The van der Waals surface area contributed by atoms with E-state index in [0.29, 0.717) is 10.0 Å². The Kier molecular flexibility index (Phi) is 2.85. The number of aromatic hydroxyl groups is 1. The standard InChI is InChI=1S/C12H8Cl2O/c13-10-2-1-3-11(14)12(10)8-4-6-9(15)7-5-8/h1-7,15H. The molecule has 0 fully saturated rings. The summed E-state index contributed by atoms with van der Waals surface area (Å²) in [5.41, 5.74) is 1.68. The largest absolute Gasteiger partial charge is 0.508 e. The van der Waals surface area contributed by atoms with E-state index in [9.17, 15) is 5.11 Å². The van der Waals surface area contributed by atoms with E-state index in [-0.39, 0.29) is 5.75 Å². The van der Waals surface area contributed by atoms with Gasteiger partial charge >= 0.3 is 0 Å². The Morgan fingerprint density at radius 1 is 0.800 bits per heavy atom. The highest BCUT2D eigenvalue weighted by molar-refractivity contribution is 6.39. The molecule has 2 aromatic rings. The predicted octanol–water partition coefficient (Wildman–Crippen LogP) is 4.37. The van der Waals surface area contributed by atoms with Gasteiger partial charge in [-0.1, -0.05) is 41.4 Å². The molecule has 0 atom stereocenters. The molecule has 15 heavy (non-hydrogen) atoms. The summed E-state index contributed by atoms with van der Waals surface area (Å²) in [7, 11) is 0. The van der Waals surface area contributed by atoms with Gasteiger partial charge in [0.25, 0.3) is 0 Å². The van der Waals surface area contributed by atoms with Gasteiger partial charge in [0.15, 0.2) is 0 Å². The predicted molar refractivity (Wildman–Crippen MR) is 63.6 cm³/mol. The lowest BCUT2D eigenvalue weighted by molar-refractivity contribution is 0.475. The Morgan fingerprint density at radius 2 is 1.33 bits per heavy atom. The summed E-state index contributed by atoms with van der Waals surface area (Å²) in [5.74, 6) is 0.224. The molecule has 0 radical (unpaired) electrons. The molecule has 1 nitrogen and oxygen atoms in total.